The lowest BCUT2D eigenvalue weighted by Gasteiger charge is -2.20. The molecule has 0 fully saturated rings. The van der Waals surface area contributed by atoms with Gasteiger partial charge in [0.15, 0.2) is 0 Å². The third-order valence-corrected chi connectivity index (χ3v) is 2.62. The Morgan fingerprint density at radius 1 is 1.50 bits per heavy atom. The highest BCUT2D eigenvalue weighted by atomic mass is 16.2. The average molecular weight is 221 g/mol. The maximum atomic E-state index is 11.7. The van der Waals surface area contributed by atoms with Crippen LogP contribution < -0.4 is 5.73 Å². The molecule has 0 bridgehead atoms. The van der Waals surface area contributed by atoms with Crippen molar-refractivity contribution in [2.45, 2.75) is 25.8 Å². The van der Waals surface area contributed by atoms with Crippen LogP contribution in [0, 0.1) is 0 Å². The number of amides is 1. The van der Waals surface area contributed by atoms with E-state index < -0.39 is 0 Å². The standard InChI is InChI=1S/C12H19N3O/c1-3-11(13)12(16)15(2)9-6-10-4-7-14-8-5-10/h4-5,7-8,11H,3,6,9,13H2,1-2H3. The zero-order chi connectivity index (χ0) is 12.0. The largest absolute Gasteiger partial charge is 0.344 e. The topological polar surface area (TPSA) is 59.2 Å². The van der Waals surface area contributed by atoms with Crippen LogP contribution in [-0.2, 0) is 11.2 Å². The average Bonchev–Trinajstić information content (AvgIpc) is 2.35. The highest BCUT2D eigenvalue weighted by Crippen LogP contribution is 2.00. The first kappa shape index (κ1) is 12.6. The monoisotopic (exact) mass is 221 g/mol. The Bertz CT molecular complexity index is 326. The van der Waals surface area contributed by atoms with Gasteiger partial charge in [-0.25, -0.2) is 0 Å². The maximum absolute atomic E-state index is 11.7. The van der Waals surface area contributed by atoms with Gasteiger partial charge in [-0.3, -0.25) is 9.78 Å². The van der Waals surface area contributed by atoms with Gasteiger partial charge in [-0.1, -0.05) is 6.92 Å². The first-order chi connectivity index (χ1) is 7.65. The molecule has 4 heteroatoms. The van der Waals surface area contributed by atoms with Crippen molar-refractivity contribution in [1.29, 1.82) is 0 Å². The number of nitrogens with two attached hydrogens (primary N) is 1. The van der Waals surface area contributed by atoms with E-state index in [-0.39, 0.29) is 11.9 Å². The SMILES string of the molecule is CCC(N)C(=O)N(C)CCc1ccncc1. The molecule has 4 nitrogen and oxygen atoms in total. The number of rotatable bonds is 5. The normalized spacial score (nSPS) is 12.2. The molecule has 1 aromatic heterocycles. The minimum atomic E-state index is -0.373. The molecular weight excluding hydrogens is 202 g/mol. The molecule has 0 spiro atoms. The van der Waals surface area contributed by atoms with Crippen LogP contribution in [0.15, 0.2) is 24.5 Å². The van der Waals surface area contributed by atoms with Gasteiger partial charge in [0.1, 0.15) is 0 Å². The lowest BCUT2D eigenvalue weighted by Crippen LogP contribution is -2.42. The predicted molar refractivity (Wildman–Crippen MR) is 63.8 cm³/mol. The molecule has 16 heavy (non-hydrogen) atoms. The molecule has 0 aliphatic heterocycles. The van der Waals surface area contributed by atoms with E-state index in [9.17, 15) is 4.79 Å². The van der Waals surface area contributed by atoms with E-state index in [1.165, 1.54) is 5.56 Å². The van der Waals surface area contributed by atoms with Crippen molar-refractivity contribution >= 4 is 5.91 Å². The molecule has 1 rings (SSSR count). The summed E-state index contributed by atoms with van der Waals surface area (Å²) in [6.45, 7) is 2.61. The molecule has 0 aliphatic carbocycles. The first-order valence-corrected chi connectivity index (χ1v) is 5.54. The second-order valence-corrected chi connectivity index (χ2v) is 3.88. The van der Waals surface area contributed by atoms with Gasteiger partial charge in [-0.15, -0.1) is 0 Å². The lowest BCUT2D eigenvalue weighted by atomic mass is 10.1. The Labute approximate surface area is 96.5 Å². The molecule has 2 N–H and O–H groups in total. The molecule has 0 aromatic carbocycles. The molecular formula is C12H19N3O. The van der Waals surface area contributed by atoms with Crippen molar-refractivity contribution < 1.29 is 4.79 Å². The molecule has 0 aliphatic rings. The van der Waals surface area contributed by atoms with Crippen molar-refractivity contribution in [2.75, 3.05) is 13.6 Å². The highest BCUT2D eigenvalue weighted by Gasteiger charge is 2.15. The lowest BCUT2D eigenvalue weighted by molar-refractivity contribution is -0.131. The molecule has 1 atom stereocenters. The fourth-order valence-electron chi connectivity index (χ4n) is 1.41. The molecule has 88 valence electrons. The van der Waals surface area contributed by atoms with Gasteiger partial charge >= 0.3 is 0 Å². The number of aromatic nitrogens is 1. The van der Waals surface area contributed by atoms with E-state index in [0.29, 0.717) is 13.0 Å². The quantitative estimate of drug-likeness (QED) is 0.800. The third-order valence-electron chi connectivity index (χ3n) is 2.62. The zero-order valence-electron chi connectivity index (χ0n) is 9.89. The van der Waals surface area contributed by atoms with Crippen LogP contribution in [0.1, 0.15) is 18.9 Å². The van der Waals surface area contributed by atoms with Crippen LogP contribution in [0.5, 0.6) is 0 Å². The van der Waals surface area contributed by atoms with Crippen LogP contribution in [0.25, 0.3) is 0 Å². The molecule has 0 radical (unpaired) electrons. The molecule has 1 aromatic rings. The van der Waals surface area contributed by atoms with E-state index in [1.807, 2.05) is 19.1 Å². The van der Waals surface area contributed by atoms with Crippen LogP contribution in [0.2, 0.25) is 0 Å². The van der Waals surface area contributed by atoms with Crippen LogP contribution in [-0.4, -0.2) is 35.4 Å². The van der Waals surface area contributed by atoms with Crippen molar-refractivity contribution in [1.82, 2.24) is 9.88 Å². The van der Waals surface area contributed by atoms with Crippen LogP contribution in [0.4, 0.5) is 0 Å². The Balaban J connectivity index is 2.41. The zero-order valence-corrected chi connectivity index (χ0v) is 9.89. The van der Waals surface area contributed by atoms with E-state index in [2.05, 4.69) is 4.98 Å². The van der Waals surface area contributed by atoms with E-state index in [4.69, 9.17) is 5.73 Å². The molecule has 1 unspecified atom stereocenters. The van der Waals surface area contributed by atoms with E-state index in [0.717, 1.165) is 6.42 Å². The molecule has 0 saturated heterocycles. The summed E-state index contributed by atoms with van der Waals surface area (Å²) >= 11 is 0. The van der Waals surface area contributed by atoms with Gasteiger partial charge in [-0.2, -0.15) is 0 Å². The maximum Gasteiger partial charge on any atom is 0.239 e. The van der Waals surface area contributed by atoms with Crippen molar-refractivity contribution in [3.8, 4) is 0 Å². The summed E-state index contributed by atoms with van der Waals surface area (Å²) in [7, 11) is 1.79. The third kappa shape index (κ3) is 3.62. The van der Waals surface area contributed by atoms with Gasteiger partial charge in [0.05, 0.1) is 6.04 Å². The fourth-order valence-corrected chi connectivity index (χ4v) is 1.41. The number of hydrogen-bond acceptors (Lipinski definition) is 3. The number of pyridine rings is 1. The van der Waals surface area contributed by atoms with Crippen LogP contribution >= 0.6 is 0 Å². The second-order valence-electron chi connectivity index (χ2n) is 3.88. The minimum Gasteiger partial charge on any atom is -0.344 e. The van der Waals surface area contributed by atoms with Gasteiger partial charge < -0.3 is 10.6 Å². The van der Waals surface area contributed by atoms with E-state index in [1.54, 1.807) is 24.3 Å². The predicted octanol–water partition coefficient (Wildman–Crippen LogP) is 0.820. The van der Waals surface area contributed by atoms with Crippen molar-refractivity contribution in [3.05, 3.63) is 30.1 Å². The number of carbonyl (C=O) groups excluding carboxylic acids is 1. The molecule has 1 heterocycles. The smallest absolute Gasteiger partial charge is 0.239 e. The summed E-state index contributed by atoms with van der Waals surface area (Å²) in [5.41, 5.74) is 6.87. The first-order valence-electron chi connectivity index (χ1n) is 5.54. The summed E-state index contributed by atoms with van der Waals surface area (Å²) in [6.07, 6.45) is 5.03. The van der Waals surface area contributed by atoms with Gasteiger partial charge in [0, 0.05) is 26.0 Å². The summed E-state index contributed by atoms with van der Waals surface area (Å²) in [5, 5.41) is 0. The number of nitrogens with zero attached hydrogens (tertiary/aromatic N) is 2. The molecule has 0 saturated carbocycles. The number of carbonyl (C=O) groups is 1. The van der Waals surface area contributed by atoms with Crippen molar-refractivity contribution in [3.63, 3.8) is 0 Å². The molecule has 1 amide bonds. The van der Waals surface area contributed by atoms with Crippen LogP contribution in [0.3, 0.4) is 0 Å². The summed E-state index contributed by atoms with van der Waals surface area (Å²) in [6, 6.07) is 3.54. The number of likely N-dealkylation sites (N-methyl/N-ethyl adjacent to an activating group) is 1. The Morgan fingerprint density at radius 3 is 2.69 bits per heavy atom. The summed E-state index contributed by atoms with van der Waals surface area (Å²) in [5.74, 6) is 0.0107. The van der Waals surface area contributed by atoms with Gasteiger partial charge in [0.2, 0.25) is 5.91 Å². The summed E-state index contributed by atoms with van der Waals surface area (Å²) < 4.78 is 0. The van der Waals surface area contributed by atoms with E-state index >= 15 is 0 Å². The highest BCUT2D eigenvalue weighted by molar-refractivity contribution is 5.81. The van der Waals surface area contributed by atoms with Crippen molar-refractivity contribution in [2.24, 2.45) is 5.73 Å². The fraction of sp³-hybridized carbons (Fsp3) is 0.500. The summed E-state index contributed by atoms with van der Waals surface area (Å²) in [4.78, 5) is 17.3. The Hall–Kier alpha value is -1.42. The minimum absolute atomic E-state index is 0.0107. The Kier molecular flexibility index (Phi) is 4.92. The number of hydrogen-bond donors (Lipinski definition) is 1. The Morgan fingerprint density at radius 2 is 2.12 bits per heavy atom. The van der Waals surface area contributed by atoms with Gasteiger partial charge in [-0.05, 0) is 30.5 Å². The second kappa shape index (κ2) is 6.23. The van der Waals surface area contributed by atoms with Gasteiger partial charge in [0.25, 0.3) is 0 Å².